The third kappa shape index (κ3) is 11.2. The van der Waals surface area contributed by atoms with Gasteiger partial charge in [0, 0.05) is 42.4 Å². The molecule has 9 atom stereocenters. The molecular formula is C44H55N5O18. The first kappa shape index (κ1) is 51.5. The van der Waals surface area contributed by atoms with Crippen molar-refractivity contribution >= 4 is 52.9 Å². The van der Waals surface area contributed by atoms with E-state index >= 15 is 0 Å². The Hall–Kier alpha value is -6.53. The summed E-state index contributed by atoms with van der Waals surface area (Å²) < 4.78 is 17.5. The first-order valence-corrected chi connectivity index (χ1v) is 21.4. The van der Waals surface area contributed by atoms with E-state index in [1.165, 1.54) is 39.2 Å². The Balaban J connectivity index is 1.40. The van der Waals surface area contributed by atoms with Crippen molar-refractivity contribution in [3.05, 3.63) is 51.6 Å². The Labute approximate surface area is 382 Å². The second kappa shape index (κ2) is 21.0. The number of aliphatic hydroxyl groups is 3. The smallest absolute Gasteiger partial charge is 0.303 e. The highest BCUT2D eigenvalue weighted by Gasteiger charge is 2.50. The molecule has 5 amide bonds. The lowest BCUT2D eigenvalue weighted by molar-refractivity contribution is -0.249. The molecule has 0 bridgehead atoms. The van der Waals surface area contributed by atoms with E-state index in [9.17, 15) is 68.7 Å². The molecule has 1 saturated heterocycles. The lowest BCUT2D eigenvalue weighted by Crippen LogP contribution is -2.60. The normalized spacial score (nSPS) is 23.3. The van der Waals surface area contributed by atoms with Crippen molar-refractivity contribution in [3.63, 3.8) is 0 Å². The number of aliphatic carboxylic acids is 1. The highest BCUT2D eigenvalue weighted by Crippen LogP contribution is 2.52. The molecule has 3 aliphatic rings. The van der Waals surface area contributed by atoms with Crippen molar-refractivity contribution in [2.24, 2.45) is 11.7 Å². The summed E-state index contributed by atoms with van der Waals surface area (Å²) in [6, 6.07) is -1.32. The van der Waals surface area contributed by atoms with E-state index in [4.69, 9.17) is 25.1 Å². The van der Waals surface area contributed by atoms with Gasteiger partial charge in [-0.15, -0.1) is 0 Å². The molecular weight excluding hydrogens is 887 g/mol. The number of methoxy groups -OCH3 is 1. The van der Waals surface area contributed by atoms with Gasteiger partial charge in [-0.2, -0.15) is 0 Å². The van der Waals surface area contributed by atoms with Gasteiger partial charge in [-0.25, -0.2) is 0 Å². The number of carbonyl (C=O) groups excluding carboxylic acids is 8. The molecule has 0 saturated carbocycles. The number of rotatable bonds is 19. The summed E-state index contributed by atoms with van der Waals surface area (Å²) in [4.78, 5) is 116. The Morgan fingerprint density at radius 3 is 2.18 bits per heavy atom. The van der Waals surface area contributed by atoms with E-state index in [0.29, 0.717) is 0 Å². The number of nitrogens with one attached hydrogen (secondary N) is 4. The van der Waals surface area contributed by atoms with E-state index in [0.717, 1.165) is 0 Å². The van der Waals surface area contributed by atoms with Gasteiger partial charge >= 0.3 is 5.97 Å². The van der Waals surface area contributed by atoms with Crippen LogP contribution in [0, 0.1) is 5.92 Å². The predicted octanol–water partition coefficient (Wildman–Crippen LogP) is -1.58. The fourth-order valence-corrected chi connectivity index (χ4v) is 8.42. The predicted molar refractivity (Wildman–Crippen MR) is 227 cm³/mol. The summed E-state index contributed by atoms with van der Waals surface area (Å²) in [5.74, 6) is -10.6. The first-order valence-electron chi connectivity index (χ1n) is 21.4. The van der Waals surface area contributed by atoms with Crippen LogP contribution in [0.15, 0.2) is 18.2 Å². The number of benzene rings is 2. The molecule has 67 heavy (non-hydrogen) atoms. The fourth-order valence-electron chi connectivity index (χ4n) is 8.42. The van der Waals surface area contributed by atoms with Crippen LogP contribution in [-0.2, 0) is 49.5 Å². The molecule has 3 unspecified atom stereocenters. The molecule has 1 aliphatic heterocycles. The van der Waals surface area contributed by atoms with Crippen LogP contribution in [0.3, 0.4) is 0 Å². The Morgan fingerprint density at radius 1 is 0.910 bits per heavy atom. The van der Waals surface area contributed by atoms with Crippen molar-refractivity contribution in [1.29, 1.82) is 0 Å². The molecule has 23 heteroatoms. The number of phenols is 2. The van der Waals surface area contributed by atoms with E-state index in [-0.39, 0.29) is 46.8 Å². The number of ketones is 3. The zero-order valence-electron chi connectivity index (χ0n) is 37.2. The number of aromatic hydroxyl groups is 2. The number of ether oxygens (including phenoxy) is 3. The molecule has 12 N–H and O–H groups in total. The lowest BCUT2D eigenvalue weighted by atomic mass is 9.72. The SMILES string of the molecule is COc1cccc2c1C(=O)c1c(O)c3c(c(O)c1C2=O)C[C@@](O)(C(=O)CO)C[C@@H]3O[C@H]1C[C@H](NC(=O)C(CC(C)C)NC(=O)C(CC(N)=O)NC(=O)C(C)NC(=O)CCC(=O)O)[C@H](O)[C@H](C)O1. The van der Waals surface area contributed by atoms with Gasteiger partial charge in [-0.05, 0) is 32.3 Å². The third-order valence-electron chi connectivity index (χ3n) is 11.8. The van der Waals surface area contributed by atoms with Gasteiger partial charge < -0.3 is 71.9 Å². The Morgan fingerprint density at radius 2 is 1.57 bits per heavy atom. The number of carboxylic acid groups (broad SMARTS) is 1. The van der Waals surface area contributed by atoms with E-state index < -0.39 is 169 Å². The van der Waals surface area contributed by atoms with Gasteiger partial charge in [0.25, 0.3) is 0 Å². The minimum absolute atomic E-state index is 0.00161. The standard InChI is InChI=1S/C44H55N5O18/c1-17(2)11-23(49-43(63)24(12-28(45)52)48-41(61)18(3)46-29(53)9-10-30(54)55)42(62)47-22-13-31(66-19(4)36(22)56)67-26-15-44(64,27(51)16-50)14-21-33(26)40(60)35-34(38(21)58)37(57)20-7-6-8-25(65-5)32(20)39(35)59/h6-8,17-19,22-24,26,31,36,50,56,58,60,64H,9-16H2,1-5H3,(H2,45,52)(H,46,53)(H,47,62)(H,48,61)(H,49,63)(H,54,55)/t18?,19-,22-,23?,24?,26-,31-,36+,44-/m0/s1. The summed E-state index contributed by atoms with van der Waals surface area (Å²) in [6.45, 7) is 4.98. The topological polar surface area (TPSA) is 377 Å². The molecule has 2 aromatic carbocycles. The number of hydrogen-bond acceptors (Lipinski definition) is 17. The number of carboxylic acids is 1. The Bertz CT molecular complexity index is 2350. The van der Waals surface area contributed by atoms with Crippen LogP contribution in [0.25, 0.3) is 0 Å². The summed E-state index contributed by atoms with van der Waals surface area (Å²) in [6.07, 6.45) is -9.05. The van der Waals surface area contributed by atoms with E-state index in [2.05, 4.69) is 21.3 Å². The van der Waals surface area contributed by atoms with Crippen LogP contribution in [0.5, 0.6) is 17.2 Å². The van der Waals surface area contributed by atoms with E-state index in [1.54, 1.807) is 13.8 Å². The highest BCUT2D eigenvalue weighted by atomic mass is 16.7. The number of nitrogens with two attached hydrogens (primary N) is 1. The number of fused-ring (bicyclic) bond motifs is 3. The van der Waals surface area contributed by atoms with Crippen molar-refractivity contribution in [2.45, 2.75) is 127 Å². The average molecular weight is 942 g/mol. The van der Waals surface area contributed by atoms with Crippen molar-refractivity contribution in [1.82, 2.24) is 21.3 Å². The largest absolute Gasteiger partial charge is 0.507 e. The summed E-state index contributed by atoms with van der Waals surface area (Å²) in [7, 11) is 1.27. The van der Waals surface area contributed by atoms with Crippen LogP contribution >= 0.6 is 0 Å². The highest BCUT2D eigenvalue weighted by molar-refractivity contribution is 6.31. The van der Waals surface area contributed by atoms with Crippen LogP contribution < -0.4 is 31.7 Å². The second-order valence-electron chi connectivity index (χ2n) is 17.2. The van der Waals surface area contributed by atoms with Gasteiger partial charge in [0.15, 0.2) is 17.9 Å². The lowest BCUT2D eigenvalue weighted by Gasteiger charge is -2.43. The number of carbonyl (C=O) groups is 9. The van der Waals surface area contributed by atoms with Crippen LogP contribution in [-0.4, -0.2) is 145 Å². The van der Waals surface area contributed by atoms with Gasteiger partial charge in [-0.1, -0.05) is 26.0 Å². The molecule has 23 nitrogen and oxygen atoms in total. The van der Waals surface area contributed by atoms with E-state index in [1.807, 2.05) is 0 Å². The molecule has 2 aromatic rings. The average Bonchev–Trinajstić information content (AvgIpc) is 3.25. The molecule has 364 valence electrons. The molecule has 1 heterocycles. The molecule has 1 fully saturated rings. The minimum Gasteiger partial charge on any atom is -0.507 e. The number of amides is 5. The maximum Gasteiger partial charge on any atom is 0.303 e. The van der Waals surface area contributed by atoms with Crippen LogP contribution in [0.2, 0.25) is 0 Å². The third-order valence-corrected chi connectivity index (χ3v) is 11.8. The van der Waals surface area contributed by atoms with Crippen molar-refractivity contribution < 1.29 is 88.0 Å². The zero-order valence-corrected chi connectivity index (χ0v) is 37.2. The second-order valence-corrected chi connectivity index (χ2v) is 17.2. The number of hydrogen-bond donors (Lipinski definition) is 11. The van der Waals surface area contributed by atoms with Gasteiger partial charge in [0.2, 0.25) is 35.3 Å². The molecule has 0 aromatic heterocycles. The molecule has 0 spiro atoms. The Kier molecular flexibility index (Phi) is 16.1. The maximum atomic E-state index is 14.0. The van der Waals surface area contributed by atoms with Crippen LogP contribution in [0.4, 0.5) is 0 Å². The fraction of sp³-hybridized carbons (Fsp3) is 0.523. The van der Waals surface area contributed by atoms with Gasteiger partial charge in [0.1, 0.15) is 53.7 Å². The maximum absolute atomic E-state index is 14.0. The van der Waals surface area contributed by atoms with Gasteiger partial charge in [-0.3, -0.25) is 43.2 Å². The van der Waals surface area contributed by atoms with Gasteiger partial charge in [0.05, 0.1) is 54.9 Å². The first-order chi connectivity index (χ1) is 31.4. The summed E-state index contributed by atoms with van der Waals surface area (Å²) >= 11 is 0. The number of Topliss-reactive ketones (excluding diaryl/α,β-unsaturated/α-hetero) is 1. The number of primary amides is 1. The number of phenolic OH excluding ortho intramolecular Hbond substituents is 2. The minimum atomic E-state index is -2.46. The van der Waals surface area contributed by atoms with Crippen molar-refractivity contribution in [3.8, 4) is 17.2 Å². The zero-order chi connectivity index (χ0) is 49.8. The number of aliphatic hydroxyl groups excluding tert-OH is 2. The molecule has 0 radical (unpaired) electrons. The quantitative estimate of drug-likeness (QED) is 0.0604. The molecule has 2 aliphatic carbocycles. The van der Waals surface area contributed by atoms with Crippen LogP contribution in [0.1, 0.15) is 115 Å². The van der Waals surface area contributed by atoms with Crippen molar-refractivity contribution in [2.75, 3.05) is 13.7 Å². The monoisotopic (exact) mass is 941 g/mol. The summed E-state index contributed by atoms with van der Waals surface area (Å²) in [5, 5.41) is 74.8. The molecule has 5 rings (SSSR count). The summed E-state index contributed by atoms with van der Waals surface area (Å²) in [5.41, 5.74) is 0.722.